The number of hydrogen-bond acceptors (Lipinski definition) is 7. The van der Waals surface area contributed by atoms with Crippen molar-refractivity contribution >= 4 is 28.1 Å². The van der Waals surface area contributed by atoms with Crippen molar-refractivity contribution in [2.75, 3.05) is 31.9 Å². The van der Waals surface area contributed by atoms with Crippen LogP contribution in [0.4, 0.5) is 5.13 Å². The molecule has 1 saturated heterocycles. The summed E-state index contributed by atoms with van der Waals surface area (Å²) in [5.74, 6) is -0.435. The average Bonchev–Trinajstić information content (AvgIpc) is 2.87. The number of nitrogens with one attached hydrogen (secondary N) is 1. The number of aromatic nitrogens is 1. The fraction of sp³-hybridized carbons (Fsp3) is 0.583. The highest BCUT2D eigenvalue weighted by Crippen LogP contribution is 2.12. The topological polar surface area (TPSA) is 104 Å². The molecule has 1 aromatic heterocycles. The van der Waals surface area contributed by atoms with Crippen LogP contribution in [0, 0.1) is 0 Å². The third kappa shape index (κ3) is 3.91. The maximum atomic E-state index is 11.9. The SMILES string of the molecule is Nc1nc(/C(=N/O)C(=O)NCCN2CCCCC2)cs1. The molecule has 2 rings (SSSR count). The Labute approximate surface area is 121 Å². The molecule has 1 aliphatic rings. The largest absolute Gasteiger partial charge is 0.410 e. The van der Waals surface area contributed by atoms with Gasteiger partial charge in [-0.15, -0.1) is 11.3 Å². The molecule has 0 aromatic carbocycles. The lowest BCUT2D eigenvalue weighted by Gasteiger charge is -2.26. The van der Waals surface area contributed by atoms with Gasteiger partial charge in [-0.1, -0.05) is 11.6 Å². The van der Waals surface area contributed by atoms with Crippen LogP contribution in [0.15, 0.2) is 10.5 Å². The van der Waals surface area contributed by atoms with E-state index in [1.54, 1.807) is 5.38 Å². The molecule has 0 unspecified atom stereocenters. The Morgan fingerprint density at radius 2 is 2.25 bits per heavy atom. The van der Waals surface area contributed by atoms with Crippen LogP contribution < -0.4 is 11.1 Å². The Balaban J connectivity index is 1.81. The number of oxime groups is 1. The molecule has 1 aromatic rings. The van der Waals surface area contributed by atoms with E-state index in [-0.39, 0.29) is 5.71 Å². The van der Waals surface area contributed by atoms with Gasteiger partial charge in [0.2, 0.25) is 0 Å². The predicted octanol–water partition coefficient (Wildman–Crippen LogP) is 0.506. The molecule has 4 N–H and O–H groups in total. The van der Waals surface area contributed by atoms with E-state index < -0.39 is 5.91 Å². The summed E-state index contributed by atoms with van der Waals surface area (Å²) in [6.45, 7) is 3.50. The summed E-state index contributed by atoms with van der Waals surface area (Å²) >= 11 is 1.20. The molecule has 7 nitrogen and oxygen atoms in total. The van der Waals surface area contributed by atoms with E-state index in [1.165, 1.54) is 30.6 Å². The minimum Gasteiger partial charge on any atom is -0.410 e. The van der Waals surface area contributed by atoms with E-state index in [0.29, 0.717) is 17.4 Å². The molecule has 0 radical (unpaired) electrons. The van der Waals surface area contributed by atoms with Gasteiger partial charge in [-0.25, -0.2) is 4.98 Å². The lowest BCUT2D eigenvalue weighted by molar-refractivity contribution is -0.114. The third-order valence-corrected chi connectivity index (χ3v) is 3.92. The Kier molecular flexibility index (Phi) is 5.31. The Morgan fingerprint density at radius 3 is 2.85 bits per heavy atom. The van der Waals surface area contributed by atoms with Gasteiger partial charge >= 0.3 is 0 Å². The molecule has 0 spiro atoms. The van der Waals surface area contributed by atoms with Gasteiger partial charge in [0, 0.05) is 18.5 Å². The van der Waals surface area contributed by atoms with Crippen molar-refractivity contribution in [3.63, 3.8) is 0 Å². The van der Waals surface area contributed by atoms with Gasteiger partial charge < -0.3 is 21.2 Å². The highest BCUT2D eigenvalue weighted by atomic mass is 32.1. The standard InChI is InChI=1S/C12H19N5O2S/c13-12-15-9(8-20-12)10(16-19)11(18)14-4-7-17-5-2-1-3-6-17/h8,19H,1-7H2,(H2,13,15)(H,14,18)/b16-10-. The number of nitrogen functional groups attached to an aromatic ring is 1. The number of piperidine rings is 1. The molecule has 2 heterocycles. The number of nitrogens with zero attached hydrogens (tertiary/aromatic N) is 3. The van der Waals surface area contributed by atoms with Gasteiger partial charge in [-0.05, 0) is 25.9 Å². The average molecular weight is 297 g/mol. The third-order valence-electron chi connectivity index (χ3n) is 3.24. The van der Waals surface area contributed by atoms with Crippen LogP contribution in [-0.2, 0) is 4.79 Å². The second-order valence-electron chi connectivity index (χ2n) is 4.68. The van der Waals surface area contributed by atoms with E-state index in [1.807, 2.05) is 0 Å². The highest BCUT2D eigenvalue weighted by Gasteiger charge is 2.18. The first-order chi connectivity index (χ1) is 9.70. The summed E-state index contributed by atoms with van der Waals surface area (Å²) in [7, 11) is 0. The van der Waals surface area contributed by atoms with E-state index in [2.05, 4.69) is 20.4 Å². The van der Waals surface area contributed by atoms with Gasteiger partial charge in [-0.2, -0.15) is 0 Å². The van der Waals surface area contributed by atoms with Crippen LogP contribution in [0.25, 0.3) is 0 Å². The molecule has 0 bridgehead atoms. The zero-order chi connectivity index (χ0) is 14.4. The highest BCUT2D eigenvalue weighted by molar-refractivity contribution is 7.13. The Morgan fingerprint density at radius 1 is 1.50 bits per heavy atom. The van der Waals surface area contributed by atoms with Crippen molar-refractivity contribution in [2.45, 2.75) is 19.3 Å². The predicted molar refractivity (Wildman–Crippen MR) is 78.2 cm³/mol. The molecule has 0 saturated carbocycles. The van der Waals surface area contributed by atoms with E-state index >= 15 is 0 Å². The number of amides is 1. The van der Waals surface area contributed by atoms with Crippen LogP contribution in [0.1, 0.15) is 25.0 Å². The Bertz CT molecular complexity index is 482. The van der Waals surface area contributed by atoms with Crippen LogP contribution >= 0.6 is 11.3 Å². The summed E-state index contributed by atoms with van der Waals surface area (Å²) in [6.07, 6.45) is 3.72. The monoisotopic (exact) mass is 297 g/mol. The van der Waals surface area contributed by atoms with Gasteiger partial charge in [0.05, 0.1) is 0 Å². The number of rotatable bonds is 5. The number of carbonyl (C=O) groups excluding carboxylic acids is 1. The van der Waals surface area contributed by atoms with Crippen molar-refractivity contribution in [1.82, 2.24) is 15.2 Å². The van der Waals surface area contributed by atoms with Crippen LogP contribution in [-0.4, -0.2) is 52.9 Å². The van der Waals surface area contributed by atoms with Crippen molar-refractivity contribution in [1.29, 1.82) is 0 Å². The van der Waals surface area contributed by atoms with Crippen LogP contribution in [0.3, 0.4) is 0 Å². The van der Waals surface area contributed by atoms with Gasteiger partial charge in [0.1, 0.15) is 5.69 Å². The minimum absolute atomic E-state index is 0.100. The van der Waals surface area contributed by atoms with E-state index in [9.17, 15) is 4.79 Å². The summed E-state index contributed by atoms with van der Waals surface area (Å²) in [4.78, 5) is 18.2. The normalized spacial score (nSPS) is 17.1. The first kappa shape index (κ1) is 14.7. The molecule has 1 aliphatic heterocycles. The van der Waals surface area contributed by atoms with Crippen LogP contribution in [0.5, 0.6) is 0 Å². The molecule has 1 fully saturated rings. The first-order valence-electron chi connectivity index (χ1n) is 6.64. The molecule has 20 heavy (non-hydrogen) atoms. The maximum absolute atomic E-state index is 11.9. The molecule has 110 valence electrons. The number of anilines is 1. The Hall–Kier alpha value is -1.67. The molecule has 1 amide bonds. The molecule has 8 heteroatoms. The summed E-state index contributed by atoms with van der Waals surface area (Å²) < 4.78 is 0. The number of carbonyl (C=O) groups is 1. The minimum atomic E-state index is -0.435. The summed E-state index contributed by atoms with van der Waals surface area (Å²) in [5, 5.41) is 16.6. The first-order valence-corrected chi connectivity index (χ1v) is 7.52. The van der Waals surface area contributed by atoms with Crippen LogP contribution in [0.2, 0.25) is 0 Å². The second kappa shape index (κ2) is 7.20. The van der Waals surface area contributed by atoms with Gasteiger partial charge in [0.15, 0.2) is 10.8 Å². The lowest BCUT2D eigenvalue weighted by Crippen LogP contribution is -2.40. The number of nitrogens with two attached hydrogens (primary N) is 1. The van der Waals surface area contributed by atoms with Crippen molar-refractivity contribution in [3.05, 3.63) is 11.1 Å². The zero-order valence-electron chi connectivity index (χ0n) is 11.2. The fourth-order valence-corrected chi connectivity index (χ4v) is 2.75. The summed E-state index contributed by atoms with van der Waals surface area (Å²) in [6, 6.07) is 0. The number of likely N-dealkylation sites (tertiary alicyclic amines) is 1. The van der Waals surface area contributed by atoms with Crippen molar-refractivity contribution in [2.24, 2.45) is 5.16 Å². The lowest BCUT2D eigenvalue weighted by atomic mass is 10.1. The zero-order valence-corrected chi connectivity index (χ0v) is 12.0. The van der Waals surface area contributed by atoms with E-state index in [0.717, 1.165) is 19.6 Å². The number of thiazole rings is 1. The van der Waals surface area contributed by atoms with Crippen molar-refractivity contribution < 1.29 is 10.0 Å². The fourth-order valence-electron chi connectivity index (χ4n) is 2.20. The maximum Gasteiger partial charge on any atom is 0.275 e. The second-order valence-corrected chi connectivity index (χ2v) is 5.57. The molecular weight excluding hydrogens is 278 g/mol. The van der Waals surface area contributed by atoms with E-state index in [4.69, 9.17) is 10.9 Å². The molecule has 0 atom stereocenters. The van der Waals surface area contributed by atoms with Gasteiger partial charge in [-0.3, -0.25) is 4.79 Å². The van der Waals surface area contributed by atoms with Gasteiger partial charge in [0.25, 0.3) is 5.91 Å². The molecule has 0 aliphatic carbocycles. The number of hydrogen-bond donors (Lipinski definition) is 3. The summed E-state index contributed by atoms with van der Waals surface area (Å²) in [5.41, 5.74) is 5.70. The van der Waals surface area contributed by atoms with Crippen molar-refractivity contribution in [3.8, 4) is 0 Å². The molecular formula is C12H19N5O2S. The smallest absolute Gasteiger partial charge is 0.275 e. The quantitative estimate of drug-likeness (QED) is 0.417.